The summed E-state index contributed by atoms with van der Waals surface area (Å²) in [7, 11) is 3.73. The number of aryl methyl sites for hydroxylation is 1. The van der Waals surface area contributed by atoms with Gasteiger partial charge < -0.3 is 4.90 Å². The van der Waals surface area contributed by atoms with Crippen LogP contribution < -0.4 is 5.56 Å². The van der Waals surface area contributed by atoms with Gasteiger partial charge in [-0.25, -0.2) is 9.98 Å². The molecular weight excluding hydrogens is 335 g/mol. The minimum Gasteiger partial charge on any atom is -0.369 e. The van der Waals surface area contributed by atoms with E-state index in [4.69, 9.17) is 23.2 Å². The van der Waals surface area contributed by atoms with Crippen LogP contribution in [0.4, 0.5) is 5.69 Å². The van der Waals surface area contributed by atoms with Gasteiger partial charge in [-0.1, -0.05) is 11.6 Å². The summed E-state index contributed by atoms with van der Waals surface area (Å²) in [4.78, 5) is 23.7. The van der Waals surface area contributed by atoms with Crippen molar-refractivity contribution in [1.29, 1.82) is 0 Å². The molecule has 0 saturated carbocycles. The molecule has 7 heteroatoms. The first kappa shape index (κ1) is 16.3. The van der Waals surface area contributed by atoms with Crippen molar-refractivity contribution < 1.29 is 0 Å². The molecule has 2 aromatic rings. The van der Waals surface area contributed by atoms with Crippen LogP contribution in [0.1, 0.15) is 35.5 Å². The number of aromatic nitrogens is 2. The number of fused-ring (bicyclic) bond motifs is 2. The normalized spacial score (nSPS) is 15.3. The molecule has 23 heavy (non-hydrogen) atoms. The van der Waals surface area contributed by atoms with Crippen LogP contribution >= 0.6 is 23.2 Å². The van der Waals surface area contributed by atoms with E-state index in [9.17, 15) is 4.79 Å². The number of nitrogens with zero attached hydrogens (tertiary/aromatic N) is 4. The lowest BCUT2D eigenvalue weighted by molar-refractivity contribution is 0.643. The molecule has 1 aliphatic rings. The van der Waals surface area contributed by atoms with Crippen LogP contribution in [0.2, 0.25) is 5.02 Å². The Morgan fingerprint density at radius 2 is 2.17 bits per heavy atom. The van der Waals surface area contributed by atoms with Gasteiger partial charge >= 0.3 is 0 Å². The summed E-state index contributed by atoms with van der Waals surface area (Å²) in [5.74, 6) is 0. The summed E-state index contributed by atoms with van der Waals surface area (Å²) in [6, 6.07) is 0. The van der Waals surface area contributed by atoms with Gasteiger partial charge in [0, 0.05) is 31.4 Å². The maximum atomic E-state index is 12.8. The second-order valence-corrected chi connectivity index (χ2v) is 6.99. The van der Waals surface area contributed by atoms with Crippen LogP contribution in [0.5, 0.6) is 0 Å². The van der Waals surface area contributed by atoms with E-state index >= 15 is 0 Å². The zero-order chi connectivity index (χ0) is 16.7. The highest BCUT2D eigenvalue weighted by atomic mass is 35.5. The minimum atomic E-state index is -0.333. The lowest BCUT2D eigenvalue weighted by atomic mass is 10.2. The van der Waals surface area contributed by atoms with Crippen molar-refractivity contribution in [3.63, 3.8) is 0 Å². The predicted molar refractivity (Wildman–Crippen MR) is 94.6 cm³/mol. The van der Waals surface area contributed by atoms with Crippen LogP contribution in [-0.4, -0.2) is 34.7 Å². The molecule has 1 aliphatic carbocycles. The van der Waals surface area contributed by atoms with Crippen LogP contribution in [0, 0.1) is 0 Å². The number of hydrogen-bond acceptors (Lipinski definition) is 3. The third kappa shape index (κ3) is 2.83. The first-order valence-corrected chi connectivity index (χ1v) is 8.32. The molecule has 2 aromatic heterocycles. The molecule has 0 bridgehead atoms. The Hall–Kier alpha value is -1.59. The van der Waals surface area contributed by atoms with E-state index < -0.39 is 0 Å². The Kier molecular flexibility index (Phi) is 4.34. The van der Waals surface area contributed by atoms with Crippen molar-refractivity contribution in [1.82, 2.24) is 14.3 Å². The Labute approximate surface area is 144 Å². The van der Waals surface area contributed by atoms with Crippen LogP contribution in [0.15, 0.2) is 16.0 Å². The molecule has 0 N–H and O–H groups in total. The lowest BCUT2D eigenvalue weighted by Crippen LogP contribution is -2.21. The van der Waals surface area contributed by atoms with E-state index in [2.05, 4.69) is 9.98 Å². The lowest BCUT2D eigenvalue weighted by Gasteiger charge is -2.14. The average Bonchev–Trinajstić information content (AvgIpc) is 2.94. The van der Waals surface area contributed by atoms with Gasteiger partial charge in [0.1, 0.15) is 5.69 Å². The predicted octanol–water partition coefficient (Wildman–Crippen LogP) is 3.36. The standard InChI is InChI=1S/C16H18Cl2N4O/c1-9(17)11-7-22-15(14(13(11)18)19-8-21(2)3)20-12-6-4-5-10(12)16(22)23/h7-9H,4-6H2,1-3H3. The zero-order valence-electron chi connectivity index (χ0n) is 13.3. The highest BCUT2D eigenvalue weighted by Gasteiger charge is 2.22. The summed E-state index contributed by atoms with van der Waals surface area (Å²) in [5.41, 5.74) is 3.25. The summed E-state index contributed by atoms with van der Waals surface area (Å²) in [5, 5.41) is 0.107. The number of halogens is 2. The van der Waals surface area contributed by atoms with E-state index in [-0.39, 0.29) is 10.9 Å². The van der Waals surface area contributed by atoms with E-state index in [1.54, 1.807) is 17.4 Å². The molecule has 0 aromatic carbocycles. The highest BCUT2D eigenvalue weighted by molar-refractivity contribution is 6.35. The summed E-state index contributed by atoms with van der Waals surface area (Å²) >= 11 is 12.7. The molecule has 0 aliphatic heterocycles. The number of hydrogen-bond donors (Lipinski definition) is 0. The quantitative estimate of drug-likeness (QED) is 0.483. The van der Waals surface area contributed by atoms with E-state index in [1.807, 2.05) is 21.0 Å². The van der Waals surface area contributed by atoms with Crippen molar-refractivity contribution >= 4 is 40.9 Å². The fourth-order valence-corrected chi connectivity index (χ4v) is 3.35. The second kappa shape index (κ2) is 6.13. The van der Waals surface area contributed by atoms with E-state index in [1.165, 1.54) is 4.40 Å². The van der Waals surface area contributed by atoms with Crippen molar-refractivity contribution in [3.8, 4) is 0 Å². The van der Waals surface area contributed by atoms with Gasteiger partial charge in [0.15, 0.2) is 5.65 Å². The fraction of sp³-hybridized carbons (Fsp3) is 0.438. The molecular formula is C16H18Cl2N4O. The maximum Gasteiger partial charge on any atom is 0.261 e. The first-order chi connectivity index (χ1) is 10.9. The Morgan fingerprint density at radius 3 is 2.83 bits per heavy atom. The average molecular weight is 353 g/mol. The van der Waals surface area contributed by atoms with Gasteiger partial charge in [-0.15, -0.1) is 11.6 Å². The molecule has 0 radical (unpaired) electrons. The van der Waals surface area contributed by atoms with Gasteiger partial charge in [0.2, 0.25) is 0 Å². The highest BCUT2D eigenvalue weighted by Crippen LogP contribution is 2.37. The second-order valence-electron chi connectivity index (χ2n) is 5.96. The number of alkyl halides is 1. The number of rotatable bonds is 3. The Bertz CT molecular complexity index is 856. The molecule has 0 saturated heterocycles. The molecule has 0 fully saturated rings. The van der Waals surface area contributed by atoms with Gasteiger partial charge in [-0.05, 0) is 26.2 Å². The molecule has 0 amide bonds. The topological polar surface area (TPSA) is 50.0 Å². The first-order valence-electron chi connectivity index (χ1n) is 7.51. The van der Waals surface area contributed by atoms with Crippen molar-refractivity contribution in [3.05, 3.63) is 38.4 Å². The molecule has 5 nitrogen and oxygen atoms in total. The zero-order valence-corrected chi connectivity index (χ0v) is 14.8. The number of pyridine rings is 1. The van der Waals surface area contributed by atoms with Gasteiger partial charge in [-0.3, -0.25) is 9.20 Å². The minimum absolute atomic E-state index is 0.0426. The van der Waals surface area contributed by atoms with E-state index in [0.29, 0.717) is 21.9 Å². The molecule has 1 atom stereocenters. The van der Waals surface area contributed by atoms with Gasteiger partial charge in [0.05, 0.1) is 22.4 Å². The molecule has 3 rings (SSSR count). The van der Waals surface area contributed by atoms with Crippen LogP contribution in [0.25, 0.3) is 5.65 Å². The summed E-state index contributed by atoms with van der Waals surface area (Å²) in [6.07, 6.45) is 5.89. The van der Waals surface area contributed by atoms with Crippen LogP contribution in [-0.2, 0) is 12.8 Å². The van der Waals surface area contributed by atoms with Crippen molar-refractivity contribution in [2.24, 2.45) is 4.99 Å². The number of aliphatic imine (C=N–C) groups is 1. The molecule has 122 valence electrons. The Morgan fingerprint density at radius 1 is 1.43 bits per heavy atom. The molecule has 2 heterocycles. The largest absolute Gasteiger partial charge is 0.369 e. The molecule has 0 spiro atoms. The third-order valence-corrected chi connectivity index (χ3v) is 4.55. The van der Waals surface area contributed by atoms with Gasteiger partial charge in [-0.2, -0.15) is 0 Å². The maximum absolute atomic E-state index is 12.8. The monoisotopic (exact) mass is 352 g/mol. The molecule has 1 unspecified atom stereocenters. The SMILES string of the molecule is CC(Cl)c1cn2c(=O)c3c(nc2c(N=CN(C)C)c1Cl)CCC3. The van der Waals surface area contributed by atoms with Crippen LogP contribution in [0.3, 0.4) is 0 Å². The van der Waals surface area contributed by atoms with Gasteiger partial charge in [0.25, 0.3) is 5.56 Å². The summed E-state index contributed by atoms with van der Waals surface area (Å²) in [6.45, 7) is 1.82. The fourth-order valence-electron chi connectivity index (χ4n) is 2.79. The third-order valence-electron chi connectivity index (χ3n) is 3.92. The van der Waals surface area contributed by atoms with Crippen molar-refractivity contribution in [2.45, 2.75) is 31.6 Å². The smallest absolute Gasteiger partial charge is 0.261 e. The van der Waals surface area contributed by atoms with E-state index in [0.717, 1.165) is 30.5 Å². The van der Waals surface area contributed by atoms with Crippen molar-refractivity contribution in [2.75, 3.05) is 14.1 Å². The Balaban J connectivity index is 2.40. The summed E-state index contributed by atoms with van der Waals surface area (Å²) < 4.78 is 1.53.